The van der Waals surface area contributed by atoms with Gasteiger partial charge in [-0.2, -0.15) is 0 Å². The number of aliphatic hydroxyl groups excluding tert-OH is 2. The molecule has 4 saturated carbocycles. The topological polar surface area (TPSA) is 74.6 Å². The van der Waals surface area contributed by atoms with Crippen molar-refractivity contribution in [3.05, 3.63) is 66.8 Å². The quantitative estimate of drug-likeness (QED) is 0.294. The Morgan fingerprint density at radius 2 is 1.73 bits per heavy atom. The number of sulfone groups is 1. The maximum Gasteiger partial charge on any atom is 0.181 e. The highest BCUT2D eigenvalue weighted by molar-refractivity contribution is 7.92. The number of aliphatic hydroxyl groups is 2. The van der Waals surface area contributed by atoms with Gasteiger partial charge >= 0.3 is 0 Å². The van der Waals surface area contributed by atoms with Gasteiger partial charge in [0.25, 0.3) is 0 Å². The van der Waals surface area contributed by atoms with Crippen molar-refractivity contribution in [2.75, 3.05) is 0 Å². The van der Waals surface area contributed by atoms with E-state index in [0.29, 0.717) is 46.0 Å². The number of hydrogen-bond donors (Lipinski definition) is 2. The Balaban J connectivity index is 1.40. The second-order valence-electron chi connectivity index (χ2n) is 14.3. The molecule has 0 spiro atoms. The molecule has 2 N–H and O–H groups in total. The molecule has 226 valence electrons. The molecule has 0 bridgehead atoms. The second-order valence-corrected chi connectivity index (χ2v) is 16.5. The third-order valence-corrected chi connectivity index (χ3v) is 14.7. The molecular formula is C36H52O4S. The van der Waals surface area contributed by atoms with Gasteiger partial charge in [-0.05, 0) is 136 Å². The Bertz CT molecular complexity index is 1240. The first-order chi connectivity index (χ1) is 19.5. The summed E-state index contributed by atoms with van der Waals surface area (Å²) in [4.78, 5) is 0.351. The Hall–Kier alpha value is -1.69. The molecule has 0 amide bonds. The van der Waals surface area contributed by atoms with Crippen molar-refractivity contribution in [2.45, 2.75) is 114 Å². The van der Waals surface area contributed by atoms with Crippen molar-refractivity contribution in [3.8, 4) is 0 Å². The predicted molar refractivity (Wildman–Crippen MR) is 167 cm³/mol. The van der Waals surface area contributed by atoms with Crippen LogP contribution in [0.25, 0.3) is 0 Å². The van der Waals surface area contributed by atoms with Gasteiger partial charge in [0, 0.05) is 0 Å². The minimum atomic E-state index is -3.63. The minimum Gasteiger partial charge on any atom is -0.393 e. The van der Waals surface area contributed by atoms with E-state index < -0.39 is 21.2 Å². The summed E-state index contributed by atoms with van der Waals surface area (Å²) in [5.41, 5.74) is 1.14. The van der Waals surface area contributed by atoms with E-state index in [1.165, 1.54) is 25.7 Å². The van der Waals surface area contributed by atoms with Crippen molar-refractivity contribution in [3.63, 3.8) is 0 Å². The second kappa shape index (κ2) is 12.1. The van der Waals surface area contributed by atoms with E-state index in [-0.39, 0.29) is 17.9 Å². The lowest BCUT2D eigenvalue weighted by Gasteiger charge is -2.61. The van der Waals surface area contributed by atoms with Crippen molar-refractivity contribution in [1.29, 1.82) is 0 Å². The number of fused-ring (bicyclic) bond motifs is 5. The fraction of sp³-hybridized carbons (Fsp3) is 0.667. The third kappa shape index (κ3) is 5.68. The molecule has 10 atom stereocenters. The molecule has 4 nitrogen and oxygen atoms in total. The molecule has 0 aliphatic heterocycles. The fourth-order valence-corrected chi connectivity index (χ4v) is 12.0. The van der Waals surface area contributed by atoms with Crippen LogP contribution < -0.4 is 0 Å². The lowest BCUT2D eigenvalue weighted by atomic mass is 9.44. The van der Waals surface area contributed by atoms with Gasteiger partial charge in [-0.3, -0.25) is 0 Å². The highest BCUT2D eigenvalue weighted by Gasteiger charge is 2.60. The average molecular weight is 581 g/mol. The summed E-state index contributed by atoms with van der Waals surface area (Å²) in [6.45, 7) is 10.8. The van der Waals surface area contributed by atoms with Crippen LogP contribution >= 0.6 is 0 Å². The van der Waals surface area contributed by atoms with E-state index in [9.17, 15) is 18.6 Å². The first-order valence-corrected chi connectivity index (χ1v) is 17.7. The Morgan fingerprint density at radius 1 is 1.02 bits per heavy atom. The van der Waals surface area contributed by atoms with Crippen LogP contribution in [0.5, 0.6) is 0 Å². The van der Waals surface area contributed by atoms with Gasteiger partial charge in [0.15, 0.2) is 9.84 Å². The van der Waals surface area contributed by atoms with Crippen LogP contribution in [0.15, 0.2) is 71.7 Å². The zero-order valence-electron chi connectivity index (χ0n) is 25.4. The van der Waals surface area contributed by atoms with E-state index in [4.69, 9.17) is 0 Å². The predicted octanol–water partition coefficient (Wildman–Crippen LogP) is 7.68. The number of allylic oxidation sites excluding steroid dienone is 3. The summed E-state index contributed by atoms with van der Waals surface area (Å²) in [5, 5.41) is 21.0. The highest BCUT2D eigenvalue weighted by atomic mass is 32.2. The van der Waals surface area contributed by atoms with Crippen molar-refractivity contribution < 1.29 is 18.6 Å². The Labute approximate surface area is 249 Å². The van der Waals surface area contributed by atoms with Crippen LogP contribution in [0.4, 0.5) is 0 Å². The van der Waals surface area contributed by atoms with Crippen molar-refractivity contribution >= 4 is 9.84 Å². The van der Waals surface area contributed by atoms with Gasteiger partial charge in [0.2, 0.25) is 0 Å². The van der Waals surface area contributed by atoms with Gasteiger partial charge in [-0.15, -0.1) is 0 Å². The highest BCUT2D eigenvalue weighted by Crippen LogP contribution is 2.68. The van der Waals surface area contributed by atoms with E-state index in [1.54, 1.807) is 30.3 Å². The first kappa shape index (κ1) is 30.8. The van der Waals surface area contributed by atoms with Gasteiger partial charge < -0.3 is 10.2 Å². The number of rotatable bonds is 9. The van der Waals surface area contributed by atoms with E-state index in [0.717, 1.165) is 38.0 Å². The minimum absolute atomic E-state index is 0.123. The van der Waals surface area contributed by atoms with Gasteiger partial charge in [0.1, 0.15) is 0 Å². The standard InChI is InChI=1S/C36H52O4S/c1-5-7-11-25(6-2)34(38)24-30(41(39,40)29-12-9-8-10-13-29)23-27-15-17-32-31-16-14-26-22-28(37)18-20-35(26,3)33(31)19-21-36(27,32)4/h5-13,26-28,30-34,37-38H,2,14-24H2,1,3-4H3/b7-5-,25-11+. The normalized spacial score (nSPS) is 39.0. The molecule has 4 aliphatic rings. The lowest BCUT2D eigenvalue weighted by Crippen LogP contribution is -2.54. The maximum atomic E-state index is 14.1. The molecule has 10 unspecified atom stereocenters. The van der Waals surface area contributed by atoms with Crippen LogP contribution in [0.2, 0.25) is 0 Å². The van der Waals surface area contributed by atoms with Crippen LogP contribution in [-0.4, -0.2) is 36.1 Å². The molecule has 1 aromatic rings. The van der Waals surface area contributed by atoms with E-state index in [2.05, 4.69) is 20.4 Å². The smallest absolute Gasteiger partial charge is 0.181 e. The number of hydrogen-bond acceptors (Lipinski definition) is 4. The first-order valence-electron chi connectivity index (χ1n) is 16.1. The summed E-state index contributed by atoms with van der Waals surface area (Å²) in [6.07, 6.45) is 17.2. The molecule has 5 rings (SSSR count). The Morgan fingerprint density at radius 3 is 2.44 bits per heavy atom. The zero-order valence-corrected chi connectivity index (χ0v) is 26.2. The van der Waals surface area contributed by atoms with Crippen LogP contribution in [0, 0.1) is 40.4 Å². The summed E-state index contributed by atoms with van der Waals surface area (Å²) < 4.78 is 28.2. The molecule has 5 heteroatoms. The van der Waals surface area contributed by atoms with E-state index >= 15 is 0 Å². The average Bonchev–Trinajstić information content (AvgIpc) is 3.30. The largest absolute Gasteiger partial charge is 0.393 e. The molecule has 41 heavy (non-hydrogen) atoms. The van der Waals surface area contributed by atoms with Gasteiger partial charge in [-0.25, -0.2) is 8.42 Å². The van der Waals surface area contributed by atoms with Crippen LogP contribution in [0.3, 0.4) is 0 Å². The van der Waals surface area contributed by atoms with Crippen molar-refractivity contribution in [2.24, 2.45) is 40.4 Å². The molecule has 0 heterocycles. The molecule has 4 aliphatic carbocycles. The van der Waals surface area contributed by atoms with Crippen molar-refractivity contribution in [1.82, 2.24) is 0 Å². The Kier molecular flexibility index (Phi) is 9.10. The molecule has 4 fully saturated rings. The summed E-state index contributed by atoms with van der Waals surface area (Å²) in [5.74, 6) is 3.05. The SMILES string of the molecule is C=C/C(=C\C=C/C)C(O)CC(CC1CCC2C3CCC4CC(O)CCC4(C)C3CCC12C)S(=O)(=O)c1ccccc1. The molecule has 0 saturated heterocycles. The van der Waals surface area contributed by atoms with Gasteiger partial charge in [0.05, 0.1) is 22.4 Å². The summed E-state index contributed by atoms with van der Waals surface area (Å²) in [6, 6.07) is 8.82. The lowest BCUT2D eigenvalue weighted by molar-refractivity contribution is -0.127. The molecule has 0 aromatic heterocycles. The molecule has 1 aromatic carbocycles. The van der Waals surface area contributed by atoms with Crippen LogP contribution in [-0.2, 0) is 9.84 Å². The molecule has 0 radical (unpaired) electrons. The summed E-state index contributed by atoms with van der Waals surface area (Å²) >= 11 is 0. The monoisotopic (exact) mass is 580 g/mol. The zero-order chi connectivity index (χ0) is 29.4. The van der Waals surface area contributed by atoms with Crippen LogP contribution in [0.1, 0.15) is 91.4 Å². The number of benzene rings is 1. The fourth-order valence-electron chi connectivity index (χ4n) is 10.1. The maximum absolute atomic E-state index is 14.1. The molecular weight excluding hydrogens is 528 g/mol. The summed E-state index contributed by atoms with van der Waals surface area (Å²) in [7, 11) is -3.63. The van der Waals surface area contributed by atoms with Gasteiger partial charge in [-0.1, -0.05) is 62.9 Å². The van der Waals surface area contributed by atoms with E-state index in [1.807, 2.05) is 31.2 Å². The third-order valence-electron chi connectivity index (χ3n) is 12.5.